The van der Waals surface area contributed by atoms with Crippen molar-refractivity contribution in [2.75, 3.05) is 17.6 Å². The van der Waals surface area contributed by atoms with Gasteiger partial charge in [-0.3, -0.25) is 14.5 Å². The van der Waals surface area contributed by atoms with E-state index < -0.39 is 0 Å². The van der Waals surface area contributed by atoms with Crippen LogP contribution < -0.4 is 5.32 Å². The number of aromatic nitrogens is 2. The van der Waals surface area contributed by atoms with Crippen LogP contribution in [-0.4, -0.2) is 39.2 Å². The first-order valence-corrected chi connectivity index (χ1v) is 9.47. The summed E-state index contributed by atoms with van der Waals surface area (Å²) in [5, 5.41) is 12.1. The van der Waals surface area contributed by atoms with Crippen molar-refractivity contribution in [3.63, 3.8) is 0 Å². The van der Waals surface area contributed by atoms with Gasteiger partial charge in [0.15, 0.2) is 4.34 Å². The van der Waals surface area contributed by atoms with Gasteiger partial charge in [-0.05, 0) is 43.5 Å². The summed E-state index contributed by atoms with van der Waals surface area (Å²) < 4.78 is 0.710. The molecule has 1 N–H and O–H groups in total. The molecule has 3 rings (SSSR count). The Bertz CT molecular complexity index is 775. The lowest BCUT2D eigenvalue weighted by atomic mass is 10.1. The lowest BCUT2D eigenvalue weighted by Crippen LogP contribution is -2.33. The summed E-state index contributed by atoms with van der Waals surface area (Å²) in [6.45, 7) is 4.67. The molecule has 0 aliphatic carbocycles. The van der Waals surface area contributed by atoms with E-state index in [9.17, 15) is 9.59 Å². The number of likely N-dealkylation sites (tertiary alicyclic amines) is 1. The van der Waals surface area contributed by atoms with Gasteiger partial charge >= 0.3 is 0 Å². The van der Waals surface area contributed by atoms with Crippen molar-refractivity contribution < 1.29 is 9.59 Å². The van der Waals surface area contributed by atoms with Crippen LogP contribution in [0.4, 0.5) is 10.8 Å². The Morgan fingerprint density at radius 3 is 2.88 bits per heavy atom. The van der Waals surface area contributed by atoms with E-state index in [1.807, 2.05) is 6.07 Å². The normalized spacial score (nSPS) is 14.2. The largest absolute Gasteiger partial charge is 0.330 e. The molecule has 1 aromatic carbocycles. The second-order valence-electron chi connectivity index (χ2n) is 5.63. The summed E-state index contributed by atoms with van der Waals surface area (Å²) in [5.41, 5.74) is 3.41. The average Bonchev–Trinajstić information content (AvgIpc) is 3.17. The van der Waals surface area contributed by atoms with Gasteiger partial charge in [-0.1, -0.05) is 29.2 Å². The Morgan fingerprint density at radius 1 is 1.33 bits per heavy atom. The first kappa shape index (κ1) is 16.9. The second kappa shape index (κ2) is 7.31. The van der Waals surface area contributed by atoms with Crippen molar-refractivity contribution in [3.8, 4) is 0 Å². The minimum absolute atomic E-state index is 0.0741. The summed E-state index contributed by atoms with van der Waals surface area (Å²) >= 11 is 2.71. The fraction of sp³-hybridized carbons (Fsp3) is 0.375. The second-order valence-corrected chi connectivity index (χ2v) is 7.83. The molecule has 2 aromatic rings. The molecule has 1 aliphatic heterocycles. The first-order chi connectivity index (χ1) is 11.5. The van der Waals surface area contributed by atoms with Crippen LogP contribution in [-0.2, 0) is 9.59 Å². The van der Waals surface area contributed by atoms with Crippen molar-refractivity contribution in [3.05, 3.63) is 29.3 Å². The maximum atomic E-state index is 12.0. The highest BCUT2D eigenvalue weighted by Gasteiger charge is 2.26. The number of amides is 2. The number of anilines is 2. The van der Waals surface area contributed by atoms with Gasteiger partial charge in [0.1, 0.15) is 0 Å². The molecule has 0 radical (unpaired) electrons. The molecule has 1 fully saturated rings. The molecule has 6 nitrogen and oxygen atoms in total. The summed E-state index contributed by atoms with van der Waals surface area (Å²) in [5.74, 6) is -0.0133. The van der Waals surface area contributed by atoms with Gasteiger partial charge in [0.25, 0.3) is 0 Å². The van der Waals surface area contributed by atoms with Crippen molar-refractivity contribution in [1.29, 1.82) is 0 Å². The fourth-order valence-electron chi connectivity index (χ4n) is 2.37. The summed E-state index contributed by atoms with van der Waals surface area (Å²) in [4.78, 5) is 24.9. The molecule has 0 unspecified atom stereocenters. The third-order valence-corrected chi connectivity index (χ3v) is 5.82. The number of carbonyl (C=O) groups excluding carboxylic acids is 2. The van der Waals surface area contributed by atoms with E-state index in [1.54, 1.807) is 0 Å². The van der Waals surface area contributed by atoms with E-state index in [0.717, 1.165) is 12.1 Å². The maximum absolute atomic E-state index is 12.0. The highest BCUT2D eigenvalue weighted by molar-refractivity contribution is 8.01. The SMILES string of the molecule is Cc1ccc(Nc2nnc(SCC(=O)N3CCCC3=O)s2)cc1C. The molecule has 0 bridgehead atoms. The van der Waals surface area contributed by atoms with Gasteiger partial charge in [-0.25, -0.2) is 0 Å². The van der Waals surface area contributed by atoms with Gasteiger partial charge in [-0.2, -0.15) is 0 Å². The number of nitrogens with zero attached hydrogens (tertiary/aromatic N) is 3. The topological polar surface area (TPSA) is 75.2 Å². The zero-order valence-corrected chi connectivity index (χ0v) is 15.2. The Morgan fingerprint density at radius 2 is 2.17 bits per heavy atom. The smallest absolute Gasteiger partial charge is 0.239 e. The molecule has 0 spiro atoms. The molecule has 126 valence electrons. The van der Waals surface area contributed by atoms with Crippen molar-refractivity contribution >= 4 is 45.7 Å². The summed E-state index contributed by atoms with van der Waals surface area (Å²) in [6, 6.07) is 6.12. The van der Waals surface area contributed by atoms with Gasteiger partial charge in [-0.15, -0.1) is 10.2 Å². The number of carbonyl (C=O) groups is 2. The predicted molar refractivity (Wildman–Crippen MR) is 95.8 cm³/mol. The van der Waals surface area contributed by atoms with Crippen molar-refractivity contribution in [2.24, 2.45) is 0 Å². The molecular weight excluding hydrogens is 344 g/mol. The van der Waals surface area contributed by atoms with Crippen LogP contribution in [0.25, 0.3) is 0 Å². The number of thioether (sulfide) groups is 1. The highest BCUT2D eigenvalue weighted by Crippen LogP contribution is 2.28. The zero-order valence-electron chi connectivity index (χ0n) is 13.5. The minimum atomic E-state index is -0.152. The lowest BCUT2D eigenvalue weighted by molar-refractivity contribution is -0.140. The molecule has 8 heteroatoms. The minimum Gasteiger partial charge on any atom is -0.330 e. The Kier molecular flexibility index (Phi) is 5.15. The first-order valence-electron chi connectivity index (χ1n) is 7.67. The van der Waals surface area contributed by atoms with Gasteiger partial charge in [0, 0.05) is 18.7 Å². The molecular formula is C16H18N4O2S2. The number of hydrogen-bond donors (Lipinski definition) is 1. The van der Waals surface area contributed by atoms with Crippen LogP contribution in [0.5, 0.6) is 0 Å². The number of benzene rings is 1. The molecule has 1 aliphatic rings. The van der Waals surface area contributed by atoms with Gasteiger partial charge in [0.05, 0.1) is 5.75 Å². The number of rotatable bonds is 5. The average molecular weight is 362 g/mol. The third kappa shape index (κ3) is 3.93. The third-order valence-electron chi connectivity index (χ3n) is 3.86. The molecule has 2 amide bonds. The Hall–Kier alpha value is -1.93. The Labute approximate surface area is 148 Å². The van der Waals surface area contributed by atoms with Crippen LogP contribution in [0, 0.1) is 13.8 Å². The number of nitrogens with one attached hydrogen (secondary N) is 1. The maximum Gasteiger partial charge on any atom is 0.239 e. The van der Waals surface area contributed by atoms with Crippen molar-refractivity contribution in [2.45, 2.75) is 31.0 Å². The summed E-state index contributed by atoms with van der Waals surface area (Å²) in [7, 11) is 0. The Balaban J connectivity index is 1.56. The van der Waals surface area contributed by atoms with E-state index in [0.29, 0.717) is 22.4 Å². The van der Waals surface area contributed by atoms with Crippen molar-refractivity contribution in [1.82, 2.24) is 15.1 Å². The number of imide groups is 1. The molecule has 0 saturated carbocycles. The molecule has 2 heterocycles. The molecule has 1 aromatic heterocycles. The molecule has 24 heavy (non-hydrogen) atoms. The van der Waals surface area contributed by atoms with Gasteiger partial charge in [0.2, 0.25) is 16.9 Å². The van der Waals surface area contributed by atoms with Gasteiger partial charge < -0.3 is 5.32 Å². The highest BCUT2D eigenvalue weighted by atomic mass is 32.2. The van der Waals surface area contributed by atoms with E-state index in [-0.39, 0.29) is 17.6 Å². The van der Waals surface area contributed by atoms with Crippen LogP contribution in [0.15, 0.2) is 22.5 Å². The van der Waals surface area contributed by atoms with E-state index >= 15 is 0 Å². The quantitative estimate of drug-likeness (QED) is 0.824. The lowest BCUT2D eigenvalue weighted by Gasteiger charge is -2.11. The summed E-state index contributed by atoms with van der Waals surface area (Å²) in [6.07, 6.45) is 1.23. The number of hydrogen-bond acceptors (Lipinski definition) is 7. The number of aryl methyl sites for hydroxylation is 2. The monoisotopic (exact) mass is 362 g/mol. The fourth-order valence-corrected chi connectivity index (χ4v) is 4.02. The zero-order chi connectivity index (χ0) is 17.1. The predicted octanol–water partition coefficient (Wildman–Crippen LogP) is 3.14. The van der Waals surface area contributed by atoms with Crippen LogP contribution in [0.1, 0.15) is 24.0 Å². The standard InChI is InChI=1S/C16H18N4O2S2/c1-10-5-6-12(8-11(10)2)17-15-18-19-16(24-15)23-9-14(22)20-7-3-4-13(20)21/h5-6,8H,3-4,7,9H2,1-2H3,(H,17,18). The van der Waals surface area contributed by atoms with E-state index in [2.05, 4.69) is 41.5 Å². The molecule has 1 saturated heterocycles. The van der Waals surface area contributed by atoms with Crippen LogP contribution in [0.2, 0.25) is 0 Å². The van der Waals surface area contributed by atoms with E-state index in [1.165, 1.54) is 39.1 Å². The van der Waals surface area contributed by atoms with Crippen LogP contribution in [0.3, 0.4) is 0 Å². The molecule has 0 atom stereocenters. The van der Waals surface area contributed by atoms with E-state index in [4.69, 9.17) is 0 Å². The van der Waals surface area contributed by atoms with Crippen LogP contribution >= 0.6 is 23.1 Å².